The molecule has 0 amide bonds. The molecule has 0 N–H and O–H groups in total. The van der Waals surface area contributed by atoms with Gasteiger partial charge in [0.25, 0.3) is 0 Å². The number of rotatable bonds is 4. The maximum absolute atomic E-state index is 13.0. The normalized spacial score (nSPS) is 11.2. The highest BCUT2D eigenvalue weighted by molar-refractivity contribution is 6.29. The standard InChI is InChI=1S/C16H13ClF3NO3/c1-3-24-15(22)12-8-21-14(17)7-10(12)11-6-9(16(18,19)20)4-5-13(11)23-2/h4-8H,3H2,1-2H3. The average Bonchev–Trinajstić information content (AvgIpc) is 2.53. The fourth-order valence-corrected chi connectivity index (χ4v) is 2.28. The molecule has 4 nitrogen and oxygen atoms in total. The highest BCUT2D eigenvalue weighted by atomic mass is 35.5. The second kappa shape index (κ2) is 7.09. The van der Waals surface area contributed by atoms with Gasteiger partial charge >= 0.3 is 12.1 Å². The van der Waals surface area contributed by atoms with Crippen molar-refractivity contribution in [3.05, 3.63) is 46.7 Å². The molecule has 0 aliphatic rings. The molecule has 2 aromatic rings. The Morgan fingerprint density at radius 3 is 2.54 bits per heavy atom. The van der Waals surface area contributed by atoms with Gasteiger partial charge < -0.3 is 9.47 Å². The Bertz CT molecular complexity index is 763. The number of methoxy groups -OCH3 is 1. The highest BCUT2D eigenvalue weighted by Gasteiger charge is 2.32. The molecule has 0 radical (unpaired) electrons. The lowest BCUT2D eigenvalue weighted by Gasteiger charge is -2.15. The Balaban J connectivity index is 2.70. The van der Waals surface area contributed by atoms with E-state index in [1.165, 1.54) is 19.2 Å². The van der Waals surface area contributed by atoms with Crippen molar-refractivity contribution in [2.45, 2.75) is 13.1 Å². The van der Waals surface area contributed by atoms with E-state index in [1.807, 2.05) is 0 Å². The maximum Gasteiger partial charge on any atom is 0.416 e. The molecule has 0 aliphatic carbocycles. The van der Waals surface area contributed by atoms with E-state index in [0.29, 0.717) is 0 Å². The average molecular weight is 360 g/mol. The van der Waals surface area contributed by atoms with Gasteiger partial charge in [-0.05, 0) is 31.2 Å². The Morgan fingerprint density at radius 2 is 1.96 bits per heavy atom. The summed E-state index contributed by atoms with van der Waals surface area (Å²) in [7, 11) is 1.32. The van der Waals surface area contributed by atoms with Crippen LogP contribution in [0.3, 0.4) is 0 Å². The quantitative estimate of drug-likeness (QED) is 0.591. The zero-order valence-electron chi connectivity index (χ0n) is 12.8. The van der Waals surface area contributed by atoms with Crippen molar-refractivity contribution in [3.8, 4) is 16.9 Å². The lowest BCUT2D eigenvalue weighted by Crippen LogP contribution is -2.09. The summed E-state index contributed by atoms with van der Waals surface area (Å²) in [6.45, 7) is 1.73. The van der Waals surface area contributed by atoms with Gasteiger partial charge in [-0.15, -0.1) is 0 Å². The van der Waals surface area contributed by atoms with Gasteiger partial charge in [-0.3, -0.25) is 0 Å². The monoisotopic (exact) mass is 359 g/mol. The van der Waals surface area contributed by atoms with Gasteiger partial charge in [0.2, 0.25) is 0 Å². The summed E-state index contributed by atoms with van der Waals surface area (Å²) in [5, 5.41) is 0.0255. The van der Waals surface area contributed by atoms with Crippen LogP contribution in [0, 0.1) is 0 Å². The summed E-state index contributed by atoms with van der Waals surface area (Å²) in [4.78, 5) is 15.9. The number of alkyl halides is 3. The highest BCUT2D eigenvalue weighted by Crippen LogP contribution is 2.39. The Morgan fingerprint density at radius 1 is 1.25 bits per heavy atom. The molecule has 0 aliphatic heterocycles. The van der Waals surface area contributed by atoms with Crippen LogP contribution in [0.5, 0.6) is 5.75 Å². The van der Waals surface area contributed by atoms with Crippen molar-refractivity contribution in [2.24, 2.45) is 0 Å². The summed E-state index contributed by atoms with van der Waals surface area (Å²) >= 11 is 5.85. The first-order valence-electron chi connectivity index (χ1n) is 6.86. The molecule has 1 heterocycles. The SMILES string of the molecule is CCOC(=O)c1cnc(Cl)cc1-c1cc(C(F)(F)F)ccc1OC. The first-order chi connectivity index (χ1) is 11.3. The fourth-order valence-electron chi connectivity index (χ4n) is 2.12. The molecule has 1 aromatic carbocycles. The van der Waals surface area contributed by atoms with Gasteiger partial charge in [-0.1, -0.05) is 11.6 Å². The van der Waals surface area contributed by atoms with Crippen LogP contribution >= 0.6 is 11.6 Å². The smallest absolute Gasteiger partial charge is 0.416 e. The molecule has 0 saturated heterocycles. The Kier molecular flexibility index (Phi) is 5.33. The van der Waals surface area contributed by atoms with Crippen LogP contribution in [0.15, 0.2) is 30.5 Å². The third-order valence-corrected chi connectivity index (χ3v) is 3.39. The number of aromatic nitrogens is 1. The van der Waals surface area contributed by atoms with Crippen LogP contribution in [0.25, 0.3) is 11.1 Å². The van der Waals surface area contributed by atoms with E-state index >= 15 is 0 Å². The van der Waals surface area contributed by atoms with E-state index in [2.05, 4.69) is 4.98 Å². The number of benzene rings is 1. The fraction of sp³-hybridized carbons (Fsp3) is 0.250. The summed E-state index contributed by atoms with van der Waals surface area (Å²) in [6.07, 6.45) is -3.38. The molecular weight excluding hydrogens is 347 g/mol. The van der Waals surface area contributed by atoms with Crippen LogP contribution in [-0.2, 0) is 10.9 Å². The minimum Gasteiger partial charge on any atom is -0.496 e. The van der Waals surface area contributed by atoms with Gasteiger partial charge in [-0.2, -0.15) is 13.2 Å². The number of carbonyl (C=O) groups excluding carboxylic acids is 1. The summed E-state index contributed by atoms with van der Waals surface area (Å²) in [5.41, 5.74) is -0.656. The molecule has 128 valence electrons. The minimum absolute atomic E-state index is 0.00104. The lowest BCUT2D eigenvalue weighted by atomic mass is 9.98. The molecular formula is C16H13ClF3NO3. The van der Waals surface area contributed by atoms with Crippen molar-refractivity contribution in [3.63, 3.8) is 0 Å². The molecule has 0 atom stereocenters. The first-order valence-corrected chi connectivity index (χ1v) is 7.24. The van der Waals surface area contributed by atoms with E-state index in [9.17, 15) is 18.0 Å². The number of esters is 1. The number of ether oxygens (including phenoxy) is 2. The number of carbonyl (C=O) groups is 1. The van der Waals surface area contributed by atoms with E-state index in [4.69, 9.17) is 21.1 Å². The minimum atomic E-state index is -4.54. The molecule has 0 spiro atoms. The summed E-state index contributed by atoms with van der Waals surface area (Å²) < 4.78 is 49.1. The summed E-state index contributed by atoms with van der Waals surface area (Å²) in [5.74, 6) is -0.549. The van der Waals surface area contributed by atoms with E-state index in [0.717, 1.165) is 18.3 Å². The second-order valence-corrected chi connectivity index (χ2v) is 5.07. The van der Waals surface area contributed by atoms with Crippen molar-refractivity contribution >= 4 is 17.6 Å². The summed E-state index contributed by atoms with van der Waals surface area (Å²) in [6, 6.07) is 4.27. The third-order valence-electron chi connectivity index (χ3n) is 3.18. The van der Waals surface area contributed by atoms with Crippen LogP contribution in [0.4, 0.5) is 13.2 Å². The number of nitrogens with zero attached hydrogens (tertiary/aromatic N) is 1. The molecule has 1 aromatic heterocycles. The van der Waals surface area contributed by atoms with Gasteiger partial charge in [0.1, 0.15) is 10.9 Å². The largest absolute Gasteiger partial charge is 0.496 e. The van der Waals surface area contributed by atoms with Crippen LogP contribution in [0.1, 0.15) is 22.8 Å². The molecule has 0 unspecified atom stereocenters. The van der Waals surface area contributed by atoms with Gasteiger partial charge in [0.15, 0.2) is 0 Å². The second-order valence-electron chi connectivity index (χ2n) is 4.69. The van der Waals surface area contributed by atoms with Crippen LogP contribution in [-0.4, -0.2) is 24.7 Å². The van der Waals surface area contributed by atoms with E-state index in [1.54, 1.807) is 6.92 Å². The van der Waals surface area contributed by atoms with Gasteiger partial charge in [0, 0.05) is 17.3 Å². The zero-order valence-corrected chi connectivity index (χ0v) is 13.5. The number of hydrogen-bond donors (Lipinski definition) is 0. The Hall–Kier alpha value is -2.28. The molecule has 2 rings (SSSR count). The molecule has 0 bridgehead atoms. The predicted molar refractivity (Wildman–Crippen MR) is 82.2 cm³/mol. The lowest BCUT2D eigenvalue weighted by molar-refractivity contribution is -0.137. The number of hydrogen-bond acceptors (Lipinski definition) is 4. The van der Waals surface area contributed by atoms with Crippen molar-refractivity contribution < 1.29 is 27.4 Å². The first kappa shape index (κ1) is 18.1. The van der Waals surface area contributed by atoms with Crippen molar-refractivity contribution in [1.29, 1.82) is 0 Å². The molecule has 0 fully saturated rings. The van der Waals surface area contributed by atoms with Gasteiger partial charge in [0.05, 0.1) is 24.8 Å². The van der Waals surface area contributed by atoms with Crippen molar-refractivity contribution in [2.75, 3.05) is 13.7 Å². The molecule has 0 saturated carbocycles. The molecule has 24 heavy (non-hydrogen) atoms. The number of halogens is 4. The predicted octanol–water partition coefficient (Wildman–Crippen LogP) is 4.61. The van der Waals surface area contributed by atoms with Crippen molar-refractivity contribution in [1.82, 2.24) is 4.98 Å². The van der Waals surface area contributed by atoms with E-state index < -0.39 is 17.7 Å². The van der Waals surface area contributed by atoms with Crippen LogP contribution < -0.4 is 4.74 Å². The third kappa shape index (κ3) is 3.79. The van der Waals surface area contributed by atoms with Crippen LogP contribution in [0.2, 0.25) is 5.15 Å². The Labute approximate surface area is 141 Å². The van der Waals surface area contributed by atoms with Gasteiger partial charge in [-0.25, -0.2) is 9.78 Å². The van der Waals surface area contributed by atoms with E-state index in [-0.39, 0.29) is 34.2 Å². The molecule has 8 heteroatoms. The topological polar surface area (TPSA) is 48.4 Å². The maximum atomic E-state index is 13.0. The number of pyridine rings is 1. The zero-order chi connectivity index (χ0) is 17.9.